The summed E-state index contributed by atoms with van der Waals surface area (Å²) in [6.45, 7) is 3.33. The van der Waals surface area contributed by atoms with Crippen molar-refractivity contribution >= 4 is 29.9 Å². The number of hydrogen-bond donors (Lipinski definition) is 1. The van der Waals surface area contributed by atoms with Gasteiger partial charge < -0.3 is 10.6 Å². The standard InChI is InChI=1S/C15H18N8.ClH/c1-10-19-14(22-21-10)7-13(17)20-12-4-6-23(9-12)15-11(8-16)3-2-5-18-15;/h2-3,5,12,14H,4,6-7,9H2,1H3,(H2,17,20);1H. The van der Waals surface area contributed by atoms with Gasteiger partial charge >= 0.3 is 0 Å². The molecule has 0 bridgehead atoms. The molecule has 2 aliphatic heterocycles. The predicted molar refractivity (Wildman–Crippen MR) is 94.8 cm³/mol. The van der Waals surface area contributed by atoms with Crippen molar-refractivity contribution in [2.24, 2.45) is 25.9 Å². The molecule has 1 fully saturated rings. The summed E-state index contributed by atoms with van der Waals surface area (Å²) >= 11 is 0. The molecule has 8 nitrogen and oxygen atoms in total. The van der Waals surface area contributed by atoms with Gasteiger partial charge in [-0.3, -0.25) is 4.99 Å². The summed E-state index contributed by atoms with van der Waals surface area (Å²) in [4.78, 5) is 15.2. The van der Waals surface area contributed by atoms with E-state index in [0.29, 0.717) is 30.2 Å². The van der Waals surface area contributed by atoms with Crippen LogP contribution in [0.3, 0.4) is 0 Å². The minimum Gasteiger partial charge on any atom is -0.387 e. The van der Waals surface area contributed by atoms with E-state index in [1.54, 1.807) is 18.3 Å². The van der Waals surface area contributed by atoms with E-state index < -0.39 is 0 Å². The van der Waals surface area contributed by atoms with E-state index in [2.05, 4.69) is 36.2 Å². The molecule has 2 atom stereocenters. The van der Waals surface area contributed by atoms with Gasteiger partial charge in [-0.15, -0.1) is 17.5 Å². The molecule has 9 heteroatoms. The number of hydrogen-bond acceptors (Lipinski definition) is 7. The number of halogens is 1. The van der Waals surface area contributed by atoms with Crippen LogP contribution in [0.25, 0.3) is 0 Å². The average Bonchev–Trinajstić information content (AvgIpc) is 3.16. The molecule has 1 saturated heterocycles. The number of rotatable bonds is 4. The molecule has 3 heterocycles. The summed E-state index contributed by atoms with van der Waals surface area (Å²) in [5.74, 6) is 1.94. The maximum atomic E-state index is 9.17. The first-order valence-corrected chi connectivity index (χ1v) is 7.53. The monoisotopic (exact) mass is 346 g/mol. The Hall–Kier alpha value is -2.53. The number of nitriles is 1. The van der Waals surface area contributed by atoms with E-state index in [4.69, 9.17) is 5.73 Å². The molecule has 0 saturated carbocycles. The van der Waals surface area contributed by atoms with Crippen LogP contribution in [0, 0.1) is 11.3 Å². The van der Waals surface area contributed by atoms with Gasteiger partial charge in [0.2, 0.25) is 0 Å². The highest BCUT2D eigenvalue weighted by Gasteiger charge is 2.25. The lowest BCUT2D eigenvalue weighted by Crippen LogP contribution is -2.25. The molecule has 24 heavy (non-hydrogen) atoms. The summed E-state index contributed by atoms with van der Waals surface area (Å²) in [6, 6.07) is 5.83. The minimum atomic E-state index is -0.239. The molecule has 126 valence electrons. The van der Waals surface area contributed by atoms with Crippen molar-refractivity contribution in [3.63, 3.8) is 0 Å². The van der Waals surface area contributed by atoms with Crippen LogP contribution in [-0.4, -0.2) is 42.0 Å². The van der Waals surface area contributed by atoms with Crippen molar-refractivity contribution in [2.45, 2.75) is 32.0 Å². The molecule has 3 rings (SSSR count). The van der Waals surface area contributed by atoms with Crippen molar-refractivity contribution in [3.05, 3.63) is 23.9 Å². The van der Waals surface area contributed by atoms with Crippen molar-refractivity contribution in [1.29, 1.82) is 5.26 Å². The fourth-order valence-corrected chi connectivity index (χ4v) is 2.75. The third-order valence-corrected chi connectivity index (χ3v) is 3.78. The molecular formula is C15H19ClN8. The van der Waals surface area contributed by atoms with Crippen LogP contribution in [0.15, 0.2) is 38.5 Å². The molecule has 0 radical (unpaired) electrons. The minimum absolute atomic E-state index is 0. The summed E-state index contributed by atoms with van der Waals surface area (Å²) in [6.07, 6.45) is 2.84. The number of azo groups is 1. The normalized spacial score (nSPS) is 22.9. The van der Waals surface area contributed by atoms with E-state index in [-0.39, 0.29) is 24.6 Å². The first-order valence-electron chi connectivity index (χ1n) is 7.53. The van der Waals surface area contributed by atoms with Crippen molar-refractivity contribution in [2.75, 3.05) is 18.0 Å². The number of aromatic nitrogens is 1. The molecule has 2 N–H and O–H groups in total. The predicted octanol–water partition coefficient (Wildman–Crippen LogP) is 1.91. The highest BCUT2D eigenvalue weighted by molar-refractivity contribution is 5.85. The number of anilines is 1. The van der Waals surface area contributed by atoms with Crippen molar-refractivity contribution < 1.29 is 0 Å². The fraction of sp³-hybridized carbons (Fsp3) is 0.467. The highest BCUT2D eigenvalue weighted by atomic mass is 35.5. The van der Waals surface area contributed by atoms with Crippen LogP contribution < -0.4 is 10.6 Å². The number of nitrogens with two attached hydrogens (primary N) is 1. The van der Waals surface area contributed by atoms with Gasteiger partial charge in [0.25, 0.3) is 0 Å². The van der Waals surface area contributed by atoms with Crippen LogP contribution in [0.2, 0.25) is 0 Å². The number of aliphatic imine (C=N–C) groups is 2. The molecule has 0 amide bonds. The molecular weight excluding hydrogens is 328 g/mol. The maximum absolute atomic E-state index is 9.17. The first-order chi connectivity index (χ1) is 11.2. The van der Waals surface area contributed by atoms with Gasteiger partial charge in [-0.1, -0.05) is 0 Å². The molecule has 1 aromatic rings. The second-order valence-corrected chi connectivity index (χ2v) is 5.57. The van der Waals surface area contributed by atoms with E-state index >= 15 is 0 Å². The Morgan fingerprint density at radius 3 is 3.08 bits per heavy atom. The Morgan fingerprint density at radius 1 is 1.54 bits per heavy atom. The third-order valence-electron chi connectivity index (χ3n) is 3.78. The first kappa shape index (κ1) is 17.8. The summed E-state index contributed by atoms with van der Waals surface area (Å²) in [7, 11) is 0. The zero-order chi connectivity index (χ0) is 16.2. The maximum Gasteiger partial charge on any atom is 0.169 e. The zero-order valence-corrected chi connectivity index (χ0v) is 14.1. The number of nitrogens with zero attached hydrogens (tertiary/aromatic N) is 7. The lowest BCUT2D eigenvalue weighted by molar-refractivity contribution is 0.710. The summed E-state index contributed by atoms with van der Waals surface area (Å²) in [5, 5.41) is 17.1. The second kappa shape index (κ2) is 7.84. The van der Waals surface area contributed by atoms with Gasteiger partial charge in [-0.05, 0) is 25.5 Å². The Labute approximate surface area is 146 Å². The Kier molecular flexibility index (Phi) is 5.82. The van der Waals surface area contributed by atoms with Crippen molar-refractivity contribution in [3.8, 4) is 6.07 Å². The van der Waals surface area contributed by atoms with E-state index in [9.17, 15) is 5.26 Å². The molecule has 0 aromatic carbocycles. The van der Waals surface area contributed by atoms with Gasteiger partial charge in [0.05, 0.1) is 17.4 Å². The molecule has 0 spiro atoms. The van der Waals surface area contributed by atoms with E-state index in [1.807, 2.05) is 6.92 Å². The lowest BCUT2D eigenvalue weighted by Gasteiger charge is -2.17. The second-order valence-electron chi connectivity index (χ2n) is 5.57. The van der Waals surface area contributed by atoms with Crippen LogP contribution in [0.1, 0.15) is 25.3 Å². The van der Waals surface area contributed by atoms with Crippen molar-refractivity contribution in [1.82, 2.24) is 4.98 Å². The van der Waals surface area contributed by atoms with Gasteiger partial charge in [0, 0.05) is 25.7 Å². The summed E-state index contributed by atoms with van der Waals surface area (Å²) < 4.78 is 0. The molecule has 1 aromatic heterocycles. The molecule has 2 aliphatic rings. The van der Waals surface area contributed by atoms with Crippen LogP contribution in [0.4, 0.5) is 5.82 Å². The van der Waals surface area contributed by atoms with Crippen LogP contribution in [0.5, 0.6) is 0 Å². The van der Waals surface area contributed by atoms with Gasteiger partial charge in [-0.2, -0.15) is 10.4 Å². The molecule has 0 aliphatic carbocycles. The Morgan fingerprint density at radius 2 is 2.38 bits per heavy atom. The van der Waals surface area contributed by atoms with Gasteiger partial charge in [0.1, 0.15) is 17.7 Å². The quantitative estimate of drug-likeness (QED) is 0.662. The van der Waals surface area contributed by atoms with E-state index in [1.165, 1.54) is 0 Å². The van der Waals surface area contributed by atoms with Gasteiger partial charge in [-0.25, -0.2) is 9.98 Å². The SMILES string of the molecule is CC1=NC(CC(N)=NC2CCN(c3ncccc3C#N)C2)N=N1.Cl. The van der Waals surface area contributed by atoms with E-state index in [0.717, 1.165) is 18.8 Å². The summed E-state index contributed by atoms with van der Waals surface area (Å²) in [5.41, 5.74) is 6.60. The average molecular weight is 347 g/mol. The Bertz CT molecular complexity index is 720. The Balaban J connectivity index is 0.00000208. The van der Waals surface area contributed by atoms with Crippen LogP contribution >= 0.6 is 12.4 Å². The zero-order valence-electron chi connectivity index (χ0n) is 13.3. The largest absolute Gasteiger partial charge is 0.387 e. The smallest absolute Gasteiger partial charge is 0.169 e. The lowest BCUT2D eigenvalue weighted by atomic mass is 10.2. The highest BCUT2D eigenvalue weighted by Crippen LogP contribution is 2.23. The molecule has 2 unspecified atom stereocenters. The third kappa shape index (κ3) is 4.06. The topological polar surface area (TPSA) is 115 Å². The van der Waals surface area contributed by atoms with Gasteiger partial charge in [0.15, 0.2) is 6.17 Å². The number of pyridine rings is 1. The number of amidine groups is 2. The van der Waals surface area contributed by atoms with Crippen LogP contribution in [-0.2, 0) is 0 Å². The fourth-order valence-electron chi connectivity index (χ4n) is 2.75.